The lowest BCUT2D eigenvalue weighted by atomic mass is 10.1. The molecule has 0 aromatic carbocycles. The number of esters is 1. The van der Waals surface area contributed by atoms with Crippen molar-refractivity contribution < 1.29 is 19.4 Å². The number of hydrogen-bond acceptors (Lipinski definition) is 5. The molecular weight excluding hydrogens is 234 g/mol. The largest absolute Gasteiger partial charge is 0.466 e. The predicted molar refractivity (Wildman–Crippen MR) is 68.0 cm³/mol. The number of methoxy groups -OCH3 is 1. The molecule has 0 aliphatic carbocycles. The Balaban J connectivity index is 2.88. The first kappa shape index (κ1) is 15.0. The third kappa shape index (κ3) is 3.23. The summed E-state index contributed by atoms with van der Waals surface area (Å²) in [5.74, 6) is -0.398. The Morgan fingerprint density at radius 1 is 1.50 bits per heavy atom. The molecule has 104 valence electrons. The van der Waals surface area contributed by atoms with Crippen LogP contribution in [0.15, 0.2) is 11.3 Å². The molecule has 1 rings (SSSR count). The lowest BCUT2D eigenvalue weighted by molar-refractivity contribution is -0.136. The van der Waals surface area contributed by atoms with E-state index in [0.29, 0.717) is 17.8 Å². The maximum Gasteiger partial charge on any atom is 0.335 e. The number of ether oxygens (including phenoxy) is 2. The average molecular weight is 257 g/mol. The van der Waals surface area contributed by atoms with E-state index < -0.39 is 18.2 Å². The summed E-state index contributed by atoms with van der Waals surface area (Å²) >= 11 is 0. The summed E-state index contributed by atoms with van der Waals surface area (Å²) in [6, 6.07) is 0. The van der Waals surface area contributed by atoms with Gasteiger partial charge in [0.25, 0.3) is 0 Å². The minimum Gasteiger partial charge on any atom is -0.466 e. The molecule has 0 spiro atoms. The van der Waals surface area contributed by atoms with Crippen molar-refractivity contribution in [3.05, 3.63) is 11.3 Å². The molecule has 0 radical (unpaired) electrons. The summed E-state index contributed by atoms with van der Waals surface area (Å²) in [4.78, 5) is 11.5. The van der Waals surface area contributed by atoms with E-state index in [1.165, 1.54) is 7.11 Å². The zero-order chi connectivity index (χ0) is 13.7. The van der Waals surface area contributed by atoms with Gasteiger partial charge in [-0.15, -0.1) is 0 Å². The zero-order valence-corrected chi connectivity index (χ0v) is 11.5. The van der Waals surface area contributed by atoms with Crippen molar-refractivity contribution in [2.45, 2.75) is 51.9 Å². The summed E-state index contributed by atoms with van der Waals surface area (Å²) in [7, 11) is 1.34. The minimum absolute atomic E-state index is 0.0880. The number of aliphatic hydroxyl groups excluding tert-OH is 1. The van der Waals surface area contributed by atoms with Crippen molar-refractivity contribution in [2.24, 2.45) is 0 Å². The second-order valence-corrected chi connectivity index (χ2v) is 4.47. The third-order valence-corrected chi connectivity index (χ3v) is 3.28. The average Bonchev–Trinajstić information content (AvgIpc) is 2.75. The van der Waals surface area contributed by atoms with Gasteiger partial charge in [0.2, 0.25) is 0 Å². The first-order valence-corrected chi connectivity index (χ1v) is 6.41. The van der Waals surface area contributed by atoms with E-state index in [-0.39, 0.29) is 6.10 Å². The van der Waals surface area contributed by atoms with Gasteiger partial charge in [0, 0.05) is 6.54 Å². The highest BCUT2D eigenvalue weighted by Crippen LogP contribution is 2.23. The molecular formula is C13H23NO4. The van der Waals surface area contributed by atoms with Crippen LogP contribution in [0.4, 0.5) is 0 Å². The van der Waals surface area contributed by atoms with Crippen LogP contribution in [0, 0.1) is 0 Å². The second kappa shape index (κ2) is 6.75. The third-order valence-electron chi connectivity index (χ3n) is 3.28. The minimum atomic E-state index is -0.625. The van der Waals surface area contributed by atoms with E-state index in [9.17, 15) is 9.90 Å². The van der Waals surface area contributed by atoms with E-state index in [4.69, 9.17) is 9.47 Å². The Kier molecular flexibility index (Phi) is 5.62. The highest BCUT2D eigenvalue weighted by molar-refractivity contribution is 5.88. The molecule has 1 aliphatic heterocycles. The summed E-state index contributed by atoms with van der Waals surface area (Å²) < 4.78 is 10.6. The normalized spacial score (nSPS) is 26.1. The molecule has 1 saturated heterocycles. The fourth-order valence-electron chi connectivity index (χ4n) is 2.07. The first-order valence-electron chi connectivity index (χ1n) is 6.41. The molecule has 1 fully saturated rings. The SMILES string of the molecule is CCC(CC)O[C@H]1/C(=C(\C)C(=O)OC)NC[C@@H]1O. The molecule has 0 amide bonds. The summed E-state index contributed by atoms with van der Waals surface area (Å²) in [6.07, 6.45) is 0.758. The molecule has 2 N–H and O–H groups in total. The Labute approximate surface area is 108 Å². The number of nitrogens with one attached hydrogen (secondary N) is 1. The van der Waals surface area contributed by atoms with Gasteiger partial charge >= 0.3 is 5.97 Å². The molecule has 0 bridgehead atoms. The van der Waals surface area contributed by atoms with Crippen molar-refractivity contribution in [1.82, 2.24) is 5.32 Å². The van der Waals surface area contributed by atoms with Gasteiger partial charge < -0.3 is 19.9 Å². The Morgan fingerprint density at radius 3 is 2.61 bits per heavy atom. The van der Waals surface area contributed by atoms with Crippen LogP contribution in [0.5, 0.6) is 0 Å². The van der Waals surface area contributed by atoms with E-state index in [0.717, 1.165) is 12.8 Å². The fourth-order valence-corrected chi connectivity index (χ4v) is 2.07. The Hall–Kier alpha value is -1.07. The van der Waals surface area contributed by atoms with Crippen LogP contribution >= 0.6 is 0 Å². The van der Waals surface area contributed by atoms with Gasteiger partial charge in [0.15, 0.2) is 0 Å². The molecule has 0 saturated carbocycles. The highest BCUT2D eigenvalue weighted by atomic mass is 16.5. The van der Waals surface area contributed by atoms with Crippen LogP contribution in [0.2, 0.25) is 0 Å². The highest BCUT2D eigenvalue weighted by Gasteiger charge is 2.35. The lowest BCUT2D eigenvalue weighted by Crippen LogP contribution is -2.31. The number of carbonyl (C=O) groups is 1. The molecule has 5 heteroatoms. The second-order valence-electron chi connectivity index (χ2n) is 4.47. The lowest BCUT2D eigenvalue weighted by Gasteiger charge is -2.23. The fraction of sp³-hybridized carbons (Fsp3) is 0.769. The van der Waals surface area contributed by atoms with Crippen LogP contribution < -0.4 is 5.32 Å². The summed E-state index contributed by atoms with van der Waals surface area (Å²) in [6.45, 7) is 6.16. The van der Waals surface area contributed by atoms with E-state index in [1.807, 2.05) is 13.8 Å². The number of rotatable bonds is 5. The number of hydrogen-bond donors (Lipinski definition) is 2. The topological polar surface area (TPSA) is 67.8 Å². The zero-order valence-electron chi connectivity index (χ0n) is 11.5. The van der Waals surface area contributed by atoms with Crippen molar-refractivity contribution >= 4 is 5.97 Å². The van der Waals surface area contributed by atoms with E-state index in [2.05, 4.69) is 5.32 Å². The van der Waals surface area contributed by atoms with Crippen LogP contribution in [0.1, 0.15) is 33.6 Å². The molecule has 1 aliphatic rings. The Morgan fingerprint density at radius 2 is 2.11 bits per heavy atom. The standard InChI is InChI=1S/C13H23NO4/c1-5-9(6-2)18-12-10(15)7-14-11(12)8(3)13(16)17-4/h9-10,12,14-15H,5-7H2,1-4H3/b11-8-/t10-,12+/m0/s1. The van der Waals surface area contributed by atoms with Crippen LogP contribution in [0.3, 0.4) is 0 Å². The van der Waals surface area contributed by atoms with Crippen LogP contribution in [0.25, 0.3) is 0 Å². The van der Waals surface area contributed by atoms with E-state index in [1.54, 1.807) is 6.92 Å². The van der Waals surface area contributed by atoms with Crippen LogP contribution in [-0.2, 0) is 14.3 Å². The van der Waals surface area contributed by atoms with Gasteiger partial charge in [-0.2, -0.15) is 0 Å². The quantitative estimate of drug-likeness (QED) is 0.567. The molecule has 0 aromatic rings. The molecule has 0 aromatic heterocycles. The first-order chi connectivity index (χ1) is 8.54. The Bertz CT molecular complexity index is 323. The van der Waals surface area contributed by atoms with Crippen molar-refractivity contribution in [3.8, 4) is 0 Å². The maximum atomic E-state index is 11.5. The van der Waals surface area contributed by atoms with Gasteiger partial charge in [0.05, 0.1) is 24.5 Å². The van der Waals surface area contributed by atoms with Crippen molar-refractivity contribution in [2.75, 3.05) is 13.7 Å². The van der Waals surface area contributed by atoms with Gasteiger partial charge in [-0.3, -0.25) is 0 Å². The maximum absolute atomic E-state index is 11.5. The monoisotopic (exact) mass is 257 g/mol. The molecule has 5 nitrogen and oxygen atoms in total. The van der Waals surface area contributed by atoms with Gasteiger partial charge in [-0.25, -0.2) is 4.79 Å². The molecule has 2 atom stereocenters. The molecule has 0 unspecified atom stereocenters. The molecule has 18 heavy (non-hydrogen) atoms. The van der Waals surface area contributed by atoms with Gasteiger partial charge in [-0.1, -0.05) is 13.8 Å². The van der Waals surface area contributed by atoms with Gasteiger partial charge in [0.1, 0.15) is 12.2 Å². The molecule has 1 heterocycles. The van der Waals surface area contributed by atoms with Crippen molar-refractivity contribution in [1.29, 1.82) is 0 Å². The summed E-state index contributed by atoms with van der Waals surface area (Å²) in [5.41, 5.74) is 1.10. The number of carbonyl (C=O) groups excluding carboxylic acids is 1. The predicted octanol–water partition coefficient (Wildman–Crippen LogP) is 0.971. The number of aliphatic hydroxyl groups is 1. The summed E-state index contributed by atoms with van der Waals surface area (Å²) in [5, 5.41) is 13.0. The van der Waals surface area contributed by atoms with Crippen molar-refractivity contribution in [3.63, 3.8) is 0 Å². The van der Waals surface area contributed by atoms with E-state index >= 15 is 0 Å². The number of β-amino-alcohol motifs (C(OH)–C–C–N with tert-alkyl or cyclic N) is 1. The smallest absolute Gasteiger partial charge is 0.335 e. The van der Waals surface area contributed by atoms with Gasteiger partial charge in [-0.05, 0) is 19.8 Å². The van der Waals surface area contributed by atoms with Crippen LogP contribution in [-0.4, -0.2) is 43.0 Å².